The summed E-state index contributed by atoms with van der Waals surface area (Å²) in [7, 11) is -3.41. The number of benzene rings is 2. The summed E-state index contributed by atoms with van der Waals surface area (Å²) in [6, 6.07) is 9.76. The predicted octanol–water partition coefficient (Wildman–Crippen LogP) is 4.62. The average Bonchev–Trinajstić information content (AvgIpc) is 3.11. The van der Waals surface area contributed by atoms with Crippen molar-refractivity contribution in [1.82, 2.24) is 9.55 Å². The van der Waals surface area contributed by atoms with E-state index in [-0.39, 0.29) is 27.3 Å². The molecule has 1 amide bonds. The lowest BCUT2D eigenvalue weighted by atomic mass is 10.2. The molecule has 1 heterocycles. The van der Waals surface area contributed by atoms with Gasteiger partial charge in [-0.3, -0.25) is 9.36 Å². The largest absolute Gasteiger partial charge is 0.324 e. The Kier molecular flexibility index (Phi) is 6.58. The molecule has 0 bridgehead atoms. The summed E-state index contributed by atoms with van der Waals surface area (Å²) in [4.78, 5) is 16.8. The van der Waals surface area contributed by atoms with E-state index in [1.54, 1.807) is 12.4 Å². The van der Waals surface area contributed by atoms with E-state index in [0.717, 1.165) is 17.5 Å². The van der Waals surface area contributed by atoms with Crippen LogP contribution >= 0.6 is 35.0 Å². The molecule has 10 heteroatoms. The van der Waals surface area contributed by atoms with Crippen LogP contribution in [-0.2, 0) is 14.6 Å². The minimum absolute atomic E-state index is 0.0655. The Balaban J connectivity index is 1.73. The SMILES string of the molecule is Cc1c(Cl)cccc1-n1ccnc1SCC(=O)Nc1cc(S(C)(=O)=O)ccc1Cl. The number of nitrogens with one attached hydrogen (secondary N) is 1. The molecule has 0 aliphatic rings. The first-order valence-corrected chi connectivity index (χ1v) is 12.0. The van der Waals surface area contributed by atoms with Crippen molar-refractivity contribution in [3.8, 4) is 5.69 Å². The third-order valence-electron chi connectivity index (χ3n) is 4.08. The molecule has 3 rings (SSSR count). The van der Waals surface area contributed by atoms with Gasteiger partial charge in [0, 0.05) is 23.7 Å². The monoisotopic (exact) mass is 469 g/mol. The van der Waals surface area contributed by atoms with Crippen molar-refractivity contribution < 1.29 is 13.2 Å². The fourth-order valence-electron chi connectivity index (χ4n) is 2.58. The molecule has 3 aromatic rings. The van der Waals surface area contributed by atoms with Crippen molar-refractivity contribution in [2.45, 2.75) is 17.0 Å². The summed E-state index contributed by atoms with van der Waals surface area (Å²) < 4.78 is 25.3. The highest BCUT2D eigenvalue weighted by Crippen LogP contribution is 2.28. The van der Waals surface area contributed by atoms with Crippen LogP contribution in [0, 0.1) is 6.92 Å². The van der Waals surface area contributed by atoms with E-state index in [1.807, 2.05) is 29.7 Å². The standard InChI is InChI=1S/C19H17Cl2N3O3S2/c1-12-14(20)4-3-5-17(12)24-9-8-22-19(24)28-11-18(25)23-16-10-13(29(2,26)27)6-7-15(16)21/h3-10H,11H2,1-2H3,(H,23,25). The summed E-state index contributed by atoms with van der Waals surface area (Å²) >= 11 is 13.5. The highest BCUT2D eigenvalue weighted by atomic mass is 35.5. The summed E-state index contributed by atoms with van der Waals surface area (Å²) in [5.74, 6) is -0.268. The van der Waals surface area contributed by atoms with Gasteiger partial charge < -0.3 is 5.32 Å². The second kappa shape index (κ2) is 8.79. The smallest absolute Gasteiger partial charge is 0.234 e. The van der Waals surface area contributed by atoms with Crippen molar-refractivity contribution >= 4 is 56.4 Å². The van der Waals surface area contributed by atoms with Crippen molar-refractivity contribution in [3.05, 3.63) is 64.4 Å². The van der Waals surface area contributed by atoms with E-state index in [2.05, 4.69) is 10.3 Å². The zero-order valence-electron chi connectivity index (χ0n) is 15.5. The van der Waals surface area contributed by atoms with Crippen LogP contribution in [0.4, 0.5) is 5.69 Å². The second-order valence-electron chi connectivity index (χ2n) is 6.21. The number of nitrogens with zero attached hydrogens (tertiary/aromatic N) is 2. The van der Waals surface area contributed by atoms with E-state index in [1.165, 1.54) is 30.0 Å². The average molecular weight is 470 g/mol. The maximum absolute atomic E-state index is 12.4. The topological polar surface area (TPSA) is 81.1 Å². The number of halogens is 2. The van der Waals surface area contributed by atoms with Crippen LogP contribution in [0.15, 0.2) is 58.8 Å². The molecule has 29 heavy (non-hydrogen) atoms. The van der Waals surface area contributed by atoms with Gasteiger partial charge in [0.25, 0.3) is 0 Å². The lowest BCUT2D eigenvalue weighted by Crippen LogP contribution is -2.15. The Hall–Kier alpha value is -2.00. The molecule has 0 aliphatic heterocycles. The highest BCUT2D eigenvalue weighted by Gasteiger charge is 2.15. The van der Waals surface area contributed by atoms with Gasteiger partial charge in [-0.15, -0.1) is 0 Å². The minimum Gasteiger partial charge on any atom is -0.324 e. The van der Waals surface area contributed by atoms with Crippen LogP contribution in [0.1, 0.15) is 5.56 Å². The fraction of sp³-hybridized carbons (Fsp3) is 0.158. The summed E-state index contributed by atoms with van der Waals surface area (Å²) in [5.41, 5.74) is 2.03. The molecule has 0 atom stereocenters. The molecule has 0 fully saturated rings. The number of sulfone groups is 1. The van der Waals surface area contributed by atoms with E-state index < -0.39 is 9.84 Å². The second-order valence-corrected chi connectivity index (χ2v) is 9.99. The summed E-state index contributed by atoms with van der Waals surface area (Å²) in [6.45, 7) is 1.91. The van der Waals surface area contributed by atoms with Gasteiger partial charge in [0.1, 0.15) is 0 Å². The number of hydrogen-bond donors (Lipinski definition) is 1. The third-order valence-corrected chi connectivity index (χ3v) is 6.89. The quantitative estimate of drug-likeness (QED) is 0.532. The Bertz CT molecular complexity index is 1180. The van der Waals surface area contributed by atoms with Crippen LogP contribution < -0.4 is 5.32 Å². The molecule has 2 aromatic carbocycles. The highest BCUT2D eigenvalue weighted by molar-refractivity contribution is 7.99. The molecule has 0 saturated carbocycles. The number of carbonyl (C=O) groups is 1. The van der Waals surface area contributed by atoms with E-state index in [0.29, 0.717) is 10.2 Å². The first-order valence-electron chi connectivity index (χ1n) is 8.38. The van der Waals surface area contributed by atoms with Crippen molar-refractivity contribution in [2.75, 3.05) is 17.3 Å². The molecule has 6 nitrogen and oxygen atoms in total. The van der Waals surface area contributed by atoms with Crippen molar-refractivity contribution in [3.63, 3.8) is 0 Å². The number of thioether (sulfide) groups is 1. The number of carbonyl (C=O) groups excluding carboxylic acids is 1. The molecule has 152 valence electrons. The van der Waals surface area contributed by atoms with Gasteiger partial charge in [0.15, 0.2) is 15.0 Å². The molecular formula is C19H17Cl2N3O3S2. The number of hydrogen-bond acceptors (Lipinski definition) is 5. The third kappa shape index (κ3) is 5.14. The first kappa shape index (κ1) is 21.7. The lowest BCUT2D eigenvalue weighted by molar-refractivity contribution is -0.113. The van der Waals surface area contributed by atoms with Crippen molar-refractivity contribution in [1.29, 1.82) is 0 Å². The van der Waals surface area contributed by atoms with E-state index in [4.69, 9.17) is 23.2 Å². The molecule has 1 aromatic heterocycles. The normalized spacial score (nSPS) is 11.4. The van der Waals surface area contributed by atoms with Crippen LogP contribution in [0.25, 0.3) is 5.69 Å². The van der Waals surface area contributed by atoms with Gasteiger partial charge in [-0.1, -0.05) is 41.0 Å². The molecule has 0 unspecified atom stereocenters. The number of anilines is 1. The fourth-order valence-corrected chi connectivity index (χ4v) is 4.33. The molecule has 0 radical (unpaired) electrons. The maximum atomic E-state index is 12.4. The van der Waals surface area contributed by atoms with Gasteiger partial charge in [-0.2, -0.15) is 0 Å². The molecular weight excluding hydrogens is 453 g/mol. The maximum Gasteiger partial charge on any atom is 0.234 e. The van der Waals surface area contributed by atoms with Gasteiger partial charge in [-0.05, 0) is 42.8 Å². The van der Waals surface area contributed by atoms with Crippen LogP contribution in [0.2, 0.25) is 10.0 Å². The first-order chi connectivity index (χ1) is 13.7. The van der Waals surface area contributed by atoms with Gasteiger partial charge in [0.05, 0.1) is 27.0 Å². The predicted molar refractivity (Wildman–Crippen MR) is 117 cm³/mol. The van der Waals surface area contributed by atoms with E-state index >= 15 is 0 Å². The number of rotatable bonds is 6. The number of aromatic nitrogens is 2. The molecule has 0 spiro atoms. The summed E-state index contributed by atoms with van der Waals surface area (Å²) in [6.07, 6.45) is 4.54. The summed E-state index contributed by atoms with van der Waals surface area (Å²) in [5, 5.41) is 4.18. The van der Waals surface area contributed by atoms with E-state index in [9.17, 15) is 13.2 Å². The zero-order chi connectivity index (χ0) is 21.2. The lowest BCUT2D eigenvalue weighted by Gasteiger charge is -2.12. The van der Waals surface area contributed by atoms with Crippen LogP contribution in [0.3, 0.4) is 0 Å². The van der Waals surface area contributed by atoms with Crippen LogP contribution in [-0.4, -0.2) is 35.9 Å². The Morgan fingerprint density at radius 1 is 1.21 bits per heavy atom. The Labute approximate surface area is 183 Å². The van der Waals surface area contributed by atoms with Gasteiger partial charge in [-0.25, -0.2) is 13.4 Å². The van der Waals surface area contributed by atoms with Gasteiger partial charge >= 0.3 is 0 Å². The number of imidazole rings is 1. The zero-order valence-corrected chi connectivity index (χ0v) is 18.7. The number of amides is 1. The minimum atomic E-state index is -3.41. The van der Waals surface area contributed by atoms with Crippen LogP contribution in [0.5, 0.6) is 0 Å². The Morgan fingerprint density at radius 3 is 2.69 bits per heavy atom. The molecule has 0 saturated heterocycles. The Morgan fingerprint density at radius 2 is 1.97 bits per heavy atom. The van der Waals surface area contributed by atoms with Crippen molar-refractivity contribution in [2.24, 2.45) is 0 Å². The molecule has 0 aliphatic carbocycles. The van der Waals surface area contributed by atoms with Gasteiger partial charge in [0.2, 0.25) is 5.91 Å². The molecule has 1 N–H and O–H groups in total.